The number of hydrogen-bond acceptors (Lipinski definition) is 4. The van der Waals surface area contributed by atoms with Crippen molar-refractivity contribution in [2.24, 2.45) is 10.7 Å². The summed E-state index contributed by atoms with van der Waals surface area (Å²) in [6.45, 7) is 3.90. The molecule has 0 saturated carbocycles. The van der Waals surface area contributed by atoms with Crippen LogP contribution in [0.25, 0.3) is 0 Å². The van der Waals surface area contributed by atoms with Crippen LogP contribution in [0.4, 0.5) is 5.69 Å². The van der Waals surface area contributed by atoms with Gasteiger partial charge in [0.25, 0.3) is 0 Å². The first kappa shape index (κ1) is 15.7. The molecule has 5 nitrogen and oxygen atoms in total. The van der Waals surface area contributed by atoms with E-state index in [-0.39, 0.29) is 23.3 Å². The molecular formula is C17H20N2O3. The third kappa shape index (κ3) is 3.31. The van der Waals surface area contributed by atoms with E-state index in [1.165, 1.54) is 6.07 Å². The van der Waals surface area contributed by atoms with Gasteiger partial charge in [0.1, 0.15) is 23.1 Å². The topological polar surface area (TPSA) is 88.1 Å². The minimum atomic E-state index is -0.100. The van der Waals surface area contributed by atoms with Crippen LogP contribution in [-0.2, 0) is 0 Å². The molecule has 0 aromatic heterocycles. The van der Waals surface area contributed by atoms with Gasteiger partial charge in [0.05, 0.1) is 18.4 Å². The minimum absolute atomic E-state index is 0.0495. The number of amidine groups is 1. The lowest BCUT2D eigenvalue weighted by atomic mass is 9.98. The van der Waals surface area contributed by atoms with Gasteiger partial charge in [-0.3, -0.25) is 0 Å². The quantitative estimate of drug-likeness (QED) is 0.597. The van der Waals surface area contributed by atoms with E-state index in [2.05, 4.69) is 4.99 Å². The Morgan fingerprint density at radius 1 is 1.09 bits per heavy atom. The maximum absolute atomic E-state index is 9.99. The molecule has 22 heavy (non-hydrogen) atoms. The van der Waals surface area contributed by atoms with Crippen LogP contribution < -0.4 is 10.5 Å². The molecule has 2 aromatic rings. The Bertz CT molecular complexity index is 692. The van der Waals surface area contributed by atoms with Gasteiger partial charge >= 0.3 is 0 Å². The zero-order chi connectivity index (χ0) is 16.3. The molecule has 0 unspecified atom stereocenters. The smallest absolute Gasteiger partial charge is 0.135 e. The highest BCUT2D eigenvalue weighted by molar-refractivity contribution is 6.01. The second-order valence-corrected chi connectivity index (χ2v) is 5.28. The monoisotopic (exact) mass is 300 g/mol. The lowest BCUT2D eigenvalue weighted by Gasteiger charge is -2.12. The van der Waals surface area contributed by atoms with Crippen LogP contribution in [0.2, 0.25) is 0 Å². The van der Waals surface area contributed by atoms with Gasteiger partial charge < -0.3 is 20.7 Å². The molecule has 0 radical (unpaired) electrons. The number of methoxy groups -OCH3 is 1. The van der Waals surface area contributed by atoms with E-state index in [1.54, 1.807) is 37.4 Å². The molecule has 0 fully saturated rings. The predicted molar refractivity (Wildman–Crippen MR) is 87.2 cm³/mol. The summed E-state index contributed by atoms with van der Waals surface area (Å²) < 4.78 is 5.09. The van der Waals surface area contributed by atoms with E-state index in [4.69, 9.17) is 10.5 Å². The Labute approximate surface area is 129 Å². The molecule has 0 aliphatic carbocycles. The SMILES string of the molecule is COc1ccc(N=C(N)c2cc(C(C)C)c(O)cc2O)cc1. The van der Waals surface area contributed by atoms with Crippen LogP contribution >= 0.6 is 0 Å². The van der Waals surface area contributed by atoms with Gasteiger partial charge in [-0.05, 0) is 41.8 Å². The molecule has 0 spiro atoms. The van der Waals surface area contributed by atoms with E-state index >= 15 is 0 Å². The molecule has 0 bridgehead atoms. The minimum Gasteiger partial charge on any atom is -0.508 e. The largest absolute Gasteiger partial charge is 0.508 e. The Balaban J connectivity index is 2.41. The van der Waals surface area contributed by atoms with Gasteiger partial charge in [-0.25, -0.2) is 4.99 Å². The number of benzene rings is 2. The van der Waals surface area contributed by atoms with Crippen LogP contribution in [0.5, 0.6) is 17.2 Å². The van der Waals surface area contributed by atoms with Gasteiger partial charge in [0, 0.05) is 6.07 Å². The number of nitrogens with two attached hydrogens (primary N) is 1. The van der Waals surface area contributed by atoms with Crippen molar-refractivity contribution < 1.29 is 14.9 Å². The molecule has 0 amide bonds. The number of phenols is 2. The first-order valence-electron chi connectivity index (χ1n) is 6.96. The average Bonchev–Trinajstić information content (AvgIpc) is 2.47. The molecule has 0 aliphatic rings. The summed E-state index contributed by atoms with van der Waals surface area (Å²) in [7, 11) is 1.59. The van der Waals surface area contributed by atoms with E-state index in [0.717, 1.165) is 5.75 Å². The lowest BCUT2D eigenvalue weighted by Crippen LogP contribution is -2.13. The first-order chi connectivity index (χ1) is 10.4. The number of hydrogen-bond donors (Lipinski definition) is 3. The van der Waals surface area contributed by atoms with E-state index < -0.39 is 0 Å². The number of aliphatic imine (C=N–C) groups is 1. The summed E-state index contributed by atoms with van der Waals surface area (Å²) in [5.74, 6) is 0.968. The first-order valence-corrected chi connectivity index (χ1v) is 6.96. The molecule has 5 heteroatoms. The number of phenolic OH excluding ortho intramolecular Hbond substituents is 2. The Kier molecular flexibility index (Phi) is 4.56. The summed E-state index contributed by atoms with van der Waals surface area (Å²) >= 11 is 0. The summed E-state index contributed by atoms with van der Waals surface area (Å²) in [4.78, 5) is 4.29. The molecular weight excluding hydrogens is 280 g/mol. The van der Waals surface area contributed by atoms with Gasteiger partial charge in [-0.15, -0.1) is 0 Å². The standard InChI is InChI=1S/C17H20N2O3/c1-10(2)13-8-14(16(21)9-15(13)20)17(18)19-11-4-6-12(22-3)7-5-11/h4-10,20-21H,1-3H3,(H2,18,19). The number of nitrogens with zero attached hydrogens (tertiary/aromatic N) is 1. The van der Waals surface area contributed by atoms with Gasteiger partial charge in [0.15, 0.2) is 0 Å². The molecule has 0 saturated heterocycles. The zero-order valence-corrected chi connectivity index (χ0v) is 12.9. The van der Waals surface area contributed by atoms with Gasteiger partial charge in [-0.1, -0.05) is 13.8 Å². The fourth-order valence-corrected chi connectivity index (χ4v) is 2.12. The van der Waals surface area contributed by atoms with Crippen molar-refractivity contribution in [3.8, 4) is 17.2 Å². The molecule has 2 rings (SSSR count). The maximum Gasteiger partial charge on any atom is 0.135 e. The summed E-state index contributed by atoms with van der Waals surface area (Å²) in [6, 6.07) is 10.1. The van der Waals surface area contributed by atoms with E-state index in [9.17, 15) is 10.2 Å². The average molecular weight is 300 g/mol. The van der Waals surface area contributed by atoms with Crippen LogP contribution in [0.1, 0.15) is 30.9 Å². The van der Waals surface area contributed by atoms with E-state index in [1.807, 2.05) is 13.8 Å². The van der Waals surface area contributed by atoms with Crippen molar-refractivity contribution in [2.75, 3.05) is 7.11 Å². The predicted octanol–water partition coefficient (Wildman–Crippen LogP) is 3.27. The van der Waals surface area contributed by atoms with Crippen LogP contribution in [0.3, 0.4) is 0 Å². The van der Waals surface area contributed by atoms with E-state index in [0.29, 0.717) is 16.8 Å². The number of aromatic hydroxyl groups is 2. The summed E-state index contributed by atoms with van der Waals surface area (Å²) in [6.07, 6.45) is 0. The molecule has 116 valence electrons. The van der Waals surface area contributed by atoms with Crippen molar-refractivity contribution in [3.63, 3.8) is 0 Å². The fraction of sp³-hybridized carbons (Fsp3) is 0.235. The van der Waals surface area contributed by atoms with Crippen LogP contribution in [0, 0.1) is 0 Å². The molecule has 2 aromatic carbocycles. The molecule has 0 aliphatic heterocycles. The second-order valence-electron chi connectivity index (χ2n) is 5.28. The highest BCUT2D eigenvalue weighted by atomic mass is 16.5. The van der Waals surface area contributed by atoms with Gasteiger partial charge in [-0.2, -0.15) is 0 Å². The molecule has 4 N–H and O–H groups in total. The third-order valence-corrected chi connectivity index (χ3v) is 3.36. The van der Waals surface area contributed by atoms with Crippen LogP contribution in [0.15, 0.2) is 41.4 Å². The highest BCUT2D eigenvalue weighted by Crippen LogP contribution is 2.32. The van der Waals surface area contributed by atoms with Crippen molar-refractivity contribution in [1.82, 2.24) is 0 Å². The summed E-state index contributed by atoms with van der Waals surface area (Å²) in [5.41, 5.74) is 7.75. The van der Waals surface area contributed by atoms with Gasteiger partial charge in [0.2, 0.25) is 0 Å². The van der Waals surface area contributed by atoms with Crippen molar-refractivity contribution in [1.29, 1.82) is 0 Å². The van der Waals surface area contributed by atoms with Crippen molar-refractivity contribution in [2.45, 2.75) is 19.8 Å². The zero-order valence-electron chi connectivity index (χ0n) is 12.9. The number of rotatable bonds is 4. The third-order valence-electron chi connectivity index (χ3n) is 3.36. The maximum atomic E-state index is 9.99. The fourth-order valence-electron chi connectivity index (χ4n) is 2.12. The van der Waals surface area contributed by atoms with Crippen molar-refractivity contribution >= 4 is 11.5 Å². The number of ether oxygens (including phenoxy) is 1. The molecule has 0 atom stereocenters. The second kappa shape index (κ2) is 6.39. The molecule has 0 heterocycles. The van der Waals surface area contributed by atoms with Crippen LogP contribution in [-0.4, -0.2) is 23.2 Å². The highest BCUT2D eigenvalue weighted by Gasteiger charge is 2.14. The Morgan fingerprint density at radius 2 is 1.73 bits per heavy atom. The summed E-state index contributed by atoms with van der Waals surface area (Å²) in [5, 5.41) is 19.8. The van der Waals surface area contributed by atoms with Crippen molar-refractivity contribution in [3.05, 3.63) is 47.5 Å². The normalized spacial score (nSPS) is 11.7. The Morgan fingerprint density at radius 3 is 2.27 bits per heavy atom. The Hall–Kier alpha value is -2.69. The lowest BCUT2D eigenvalue weighted by molar-refractivity contribution is 0.415.